The Bertz CT molecular complexity index is 1150. The number of para-hydroxylation sites is 1. The molecule has 0 spiro atoms. The third-order valence-electron chi connectivity index (χ3n) is 4.46. The molecule has 29 heavy (non-hydrogen) atoms. The molecule has 3 heterocycles. The smallest absolute Gasteiger partial charge is 0.263 e. The maximum absolute atomic E-state index is 13.4. The fourth-order valence-corrected chi connectivity index (χ4v) is 4.15. The van der Waals surface area contributed by atoms with E-state index in [1.165, 1.54) is 11.3 Å². The normalized spacial score (nSPS) is 11.0. The number of aryl methyl sites for hydroxylation is 2. The molecular formula is C22H21N3O3S. The molecule has 0 aliphatic carbocycles. The van der Waals surface area contributed by atoms with Gasteiger partial charge in [-0.05, 0) is 51.1 Å². The van der Waals surface area contributed by atoms with Gasteiger partial charge in [-0.15, -0.1) is 0 Å². The van der Waals surface area contributed by atoms with Gasteiger partial charge >= 0.3 is 0 Å². The van der Waals surface area contributed by atoms with Crippen molar-refractivity contribution in [3.8, 4) is 5.75 Å². The average Bonchev–Trinajstić information content (AvgIpc) is 3.30. The fraction of sp³-hybridized carbons (Fsp3) is 0.227. The Kier molecular flexibility index (Phi) is 5.31. The molecule has 3 aromatic heterocycles. The molecular weight excluding hydrogens is 386 g/mol. The molecule has 4 aromatic rings. The maximum atomic E-state index is 13.4. The van der Waals surface area contributed by atoms with Gasteiger partial charge in [0.05, 0.1) is 29.1 Å². The van der Waals surface area contributed by atoms with Crippen molar-refractivity contribution in [1.82, 2.24) is 9.97 Å². The van der Waals surface area contributed by atoms with Crippen LogP contribution in [0.25, 0.3) is 10.2 Å². The number of thiazole rings is 1. The van der Waals surface area contributed by atoms with E-state index < -0.39 is 0 Å². The van der Waals surface area contributed by atoms with E-state index in [1.807, 2.05) is 50.2 Å². The number of hydrogen-bond donors (Lipinski definition) is 0. The highest BCUT2D eigenvalue weighted by molar-refractivity contribution is 7.22. The van der Waals surface area contributed by atoms with E-state index in [2.05, 4.69) is 4.98 Å². The van der Waals surface area contributed by atoms with Crippen molar-refractivity contribution in [1.29, 1.82) is 0 Å². The second-order valence-electron chi connectivity index (χ2n) is 6.57. The number of fused-ring (bicyclic) bond motifs is 1. The van der Waals surface area contributed by atoms with Crippen LogP contribution in [-0.4, -0.2) is 22.5 Å². The van der Waals surface area contributed by atoms with E-state index in [4.69, 9.17) is 14.1 Å². The SMILES string of the molecule is CCOc1cccc2sc(N(Cc3ccccn3)C(=O)c3cc(C)oc3C)nc12. The third-order valence-corrected chi connectivity index (χ3v) is 5.51. The van der Waals surface area contributed by atoms with Crippen molar-refractivity contribution in [2.24, 2.45) is 0 Å². The van der Waals surface area contributed by atoms with E-state index in [9.17, 15) is 4.79 Å². The summed E-state index contributed by atoms with van der Waals surface area (Å²) in [5, 5.41) is 0.598. The van der Waals surface area contributed by atoms with Crippen LogP contribution in [0.5, 0.6) is 5.75 Å². The Morgan fingerprint density at radius 1 is 1.21 bits per heavy atom. The Hall–Kier alpha value is -3.19. The predicted octanol–water partition coefficient (Wildman–Crippen LogP) is 5.15. The average molecular weight is 407 g/mol. The Morgan fingerprint density at radius 3 is 2.76 bits per heavy atom. The van der Waals surface area contributed by atoms with Gasteiger partial charge in [0.25, 0.3) is 5.91 Å². The van der Waals surface area contributed by atoms with E-state index in [-0.39, 0.29) is 5.91 Å². The summed E-state index contributed by atoms with van der Waals surface area (Å²) in [5.74, 6) is 1.84. The minimum atomic E-state index is -0.165. The highest BCUT2D eigenvalue weighted by atomic mass is 32.1. The Morgan fingerprint density at radius 2 is 2.07 bits per heavy atom. The maximum Gasteiger partial charge on any atom is 0.263 e. The number of aromatic nitrogens is 2. The molecule has 0 atom stereocenters. The lowest BCUT2D eigenvalue weighted by molar-refractivity contribution is 0.0983. The van der Waals surface area contributed by atoms with Crippen molar-refractivity contribution >= 4 is 32.6 Å². The highest BCUT2D eigenvalue weighted by Crippen LogP contribution is 2.35. The first kappa shape index (κ1) is 19.1. The van der Waals surface area contributed by atoms with Crippen LogP contribution in [0.3, 0.4) is 0 Å². The number of hydrogen-bond acceptors (Lipinski definition) is 6. The number of ether oxygens (including phenoxy) is 1. The molecule has 0 saturated carbocycles. The van der Waals surface area contributed by atoms with Gasteiger partial charge in [0.15, 0.2) is 5.13 Å². The molecule has 0 aliphatic rings. The molecule has 0 radical (unpaired) electrons. The standard InChI is InChI=1S/C22H21N3O3S/c1-4-27-18-9-7-10-19-20(18)24-22(29-19)25(13-16-8-5-6-11-23-16)21(26)17-12-14(2)28-15(17)3/h5-12H,4,13H2,1-3H3. The summed E-state index contributed by atoms with van der Waals surface area (Å²) >= 11 is 1.46. The number of pyridine rings is 1. The largest absolute Gasteiger partial charge is 0.492 e. The first-order valence-corrected chi connectivity index (χ1v) is 10.2. The van der Waals surface area contributed by atoms with Gasteiger partial charge < -0.3 is 9.15 Å². The molecule has 0 fully saturated rings. The lowest BCUT2D eigenvalue weighted by Crippen LogP contribution is -2.30. The topological polar surface area (TPSA) is 68.5 Å². The van der Waals surface area contributed by atoms with Gasteiger partial charge in [-0.2, -0.15) is 0 Å². The summed E-state index contributed by atoms with van der Waals surface area (Å²) in [7, 11) is 0. The summed E-state index contributed by atoms with van der Waals surface area (Å²) in [6, 6.07) is 13.2. The van der Waals surface area contributed by atoms with Gasteiger partial charge in [0.1, 0.15) is 22.8 Å². The van der Waals surface area contributed by atoms with Crippen LogP contribution in [0, 0.1) is 13.8 Å². The fourth-order valence-electron chi connectivity index (χ4n) is 3.17. The number of benzene rings is 1. The minimum absolute atomic E-state index is 0.165. The number of carbonyl (C=O) groups is 1. The second-order valence-corrected chi connectivity index (χ2v) is 7.58. The van der Waals surface area contributed by atoms with Crippen molar-refractivity contribution in [3.63, 3.8) is 0 Å². The van der Waals surface area contributed by atoms with Gasteiger partial charge in [-0.1, -0.05) is 23.5 Å². The molecule has 0 N–H and O–H groups in total. The van der Waals surface area contributed by atoms with Crippen LogP contribution in [0.1, 0.15) is 34.5 Å². The van der Waals surface area contributed by atoms with Crippen molar-refractivity contribution in [2.45, 2.75) is 27.3 Å². The molecule has 148 valence electrons. The summed E-state index contributed by atoms with van der Waals surface area (Å²) in [5.41, 5.74) is 2.07. The molecule has 0 unspecified atom stereocenters. The number of rotatable bonds is 6. The lowest BCUT2D eigenvalue weighted by atomic mass is 10.2. The van der Waals surface area contributed by atoms with Gasteiger partial charge in [-0.3, -0.25) is 14.7 Å². The van der Waals surface area contributed by atoms with Gasteiger partial charge in [0, 0.05) is 6.20 Å². The molecule has 6 nitrogen and oxygen atoms in total. The first-order chi connectivity index (χ1) is 14.1. The van der Waals surface area contributed by atoms with E-state index in [0.717, 1.165) is 15.9 Å². The summed E-state index contributed by atoms with van der Waals surface area (Å²) in [6.45, 7) is 6.43. The van der Waals surface area contributed by atoms with Crippen molar-refractivity contribution in [2.75, 3.05) is 11.5 Å². The highest BCUT2D eigenvalue weighted by Gasteiger charge is 2.26. The number of nitrogens with zero attached hydrogens (tertiary/aromatic N) is 3. The third kappa shape index (κ3) is 3.86. The van der Waals surface area contributed by atoms with E-state index >= 15 is 0 Å². The van der Waals surface area contributed by atoms with Crippen LogP contribution in [0.2, 0.25) is 0 Å². The monoisotopic (exact) mass is 407 g/mol. The number of amides is 1. The molecule has 0 bridgehead atoms. The van der Waals surface area contributed by atoms with E-state index in [1.54, 1.807) is 24.1 Å². The summed E-state index contributed by atoms with van der Waals surface area (Å²) in [6.07, 6.45) is 1.72. The molecule has 0 aliphatic heterocycles. The van der Waals surface area contributed by atoms with E-state index in [0.29, 0.717) is 41.1 Å². The van der Waals surface area contributed by atoms with Gasteiger partial charge in [-0.25, -0.2) is 4.98 Å². The van der Waals surface area contributed by atoms with Crippen LogP contribution < -0.4 is 9.64 Å². The predicted molar refractivity (Wildman–Crippen MR) is 114 cm³/mol. The number of furan rings is 1. The van der Waals surface area contributed by atoms with Crippen LogP contribution in [-0.2, 0) is 6.54 Å². The zero-order chi connectivity index (χ0) is 20.4. The van der Waals surface area contributed by atoms with Crippen LogP contribution in [0.4, 0.5) is 5.13 Å². The van der Waals surface area contributed by atoms with Crippen LogP contribution >= 0.6 is 11.3 Å². The number of carbonyl (C=O) groups excluding carboxylic acids is 1. The van der Waals surface area contributed by atoms with Crippen molar-refractivity contribution < 1.29 is 13.9 Å². The Balaban J connectivity index is 1.79. The quantitative estimate of drug-likeness (QED) is 0.442. The molecule has 1 aromatic carbocycles. The minimum Gasteiger partial charge on any atom is -0.492 e. The molecule has 4 rings (SSSR count). The van der Waals surface area contributed by atoms with Crippen molar-refractivity contribution in [3.05, 3.63) is 71.4 Å². The molecule has 7 heteroatoms. The lowest BCUT2D eigenvalue weighted by Gasteiger charge is -2.19. The summed E-state index contributed by atoms with van der Waals surface area (Å²) in [4.78, 5) is 24.2. The zero-order valence-corrected chi connectivity index (χ0v) is 17.3. The number of anilines is 1. The summed E-state index contributed by atoms with van der Waals surface area (Å²) < 4.78 is 12.3. The zero-order valence-electron chi connectivity index (χ0n) is 16.5. The molecule has 1 amide bonds. The Labute approximate surface area is 172 Å². The molecule has 0 saturated heterocycles. The second kappa shape index (κ2) is 8.05. The first-order valence-electron chi connectivity index (χ1n) is 9.38. The van der Waals surface area contributed by atoms with Crippen LogP contribution in [0.15, 0.2) is 53.1 Å². The van der Waals surface area contributed by atoms with Gasteiger partial charge in [0.2, 0.25) is 0 Å².